The summed E-state index contributed by atoms with van der Waals surface area (Å²) in [5.74, 6) is 10.9. The summed E-state index contributed by atoms with van der Waals surface area (Å²) in [6.45, 7) is 5.81. The van der Waals surface area contributed by atoms with Crippen LogP contribution >= 0.6 is 0 Å². The van der Waals surface area contributed by atoms with Crippen LogP contribution in [-0.2, 0) is 12.6 Å². The quantitative estimate of drug-likeness (QED) is 0.411. The van der Waals surface area contributed by atoms with Crippen molar-refractivity contribution in [2.45, 2.75) is 77.5 Å². The number of ketones is 1. The van der Waals surface area contributed by atoms with Crippen molar-refractivity contribution in [3.63, 3.8) is 0 Å². The molecule has 0 unspecified atom stereocenters. The van der Waals surface area contributed by atoms with Crippen molar-refractivity contribution < 1.29 is 23.1 Å². The van der Waals surface area contributed by atoms with Crippen molar-refractivity contribution in [2.75, 3.05) is 0 Å². The minimum Gasteiger partial charge on any atom is -0.388 e. The van der Waals surface area contributed by atoms with E-state index >= 15 is 0 Å². The van der Waals surface area contributed by atoms with Crippen LogP contribution in [-0.4, -0.2) is 15.9 Å². The highest BCUT2D eigenvalue weighted by Crippen LogP contribution is 2.45. The van der Waals surface area contributed by atoms with Crippen LogP contribution in [0.1, 0.15) is 109 Å². The van der Waals surface area contributed by atoms with E-state index in [2.05, 4.69) is 37.5 Å². The predicted octanol–water partition coefficient (Wildman–Crippen LogP) is 6.37. The van der Waals surface area contributed by atoms with Crippen LogP contribution in [0.2, 0.25) is 0 Å². The van der Waals surface area contributed by atoms with Crippen LogP contribution in [0.5, 0.6) is 0 Å². The van der Waals surface area contributed by atoms with Gasteiger partial charge in [0.15, 0.2) is 5.78 Å². The zero-order valence-electron chi connectivity index (χ0n) is 20.1. The molecule has 0 spiro atoms. The number of benzene rings is 1. The van der Waals surface area contributed by atoms with Crippen molar-refractivity contribution >= 4 is 5.78 Å². The lowest BCUT2D eigenvalue weighted by atomic mass is 9.72. The van der Waals surface area contributed by atoms with E-state index in [1.165, 1.54) is 12.1 Å². The highest BCUT2D eigenvalue weighted by molar-refractivity contribution is 6.11. The van der Waals surface area contributed by atoms with E-state index in [1.807, 2.05) is 0 Å². The van der Waals surface area contributed by atoms with E-state index in [0.29, 0.717) is 35.2 Å². The number of hydrogen-bond acceptors (Lipinski definition) is 3. The van der Waals surface area contributed by atoms with Gasteiger partial charge < -0.3 is 5.11 Å². The highest BCUT2D eigenvalue weighted by Gasteiger charge is 2.38. The summed E-state index contributed by atoms with van der Waals surface area (Å²) in [5, 5.41) is 11.1. The standard InChI is InChI=1S/C29H28F3NO2/c1-4-5-6-11-21-24-22(16-28(2,3)17-23(24)34)33-26(18-9-7-8-10-18)25(21)27(35)19-12-14-20(15-13-19)29(30,31)32/h12-15,18,23,34H,7-10,16-17H2,1-3H3/t23-/m0/s1. The van der Waals surface area contributed by atoms with Crippen molar-refractivity contribution in [3.05, 3.63) is 63.5 Å². The Balaban J connectivity index is 1.96. The summed E-state index contributed by atoms with van der Waals surface area (Å²) >= 11 is 0. The van der Waals surface area contributed by atoms with E-state index in [4.69, 9.17) is 4.98 Å². The molecule has 2 aromatic rings. The number of aliphatic hydroxyl groups excluding tert-OH is 1. The predicted molar refractivity (Wildman–Crippen MR) is 128 cm³/mol. The topological polar surface area (TPSA) is 50.2 Å². The Hall–Kier alpha value is -3.09. The first-order chi connectivity index (χ1) is 16.5. The van der Waals surface area contributed by atoms with Crippen molar-refractivity contribution in [1.82, 2.24) is 4.98 Å². The van der Waals surface area contributed by atoms with Gasteiger partial charge in [-0.25, -0.2) is 0 Å². The van der Waals surface area contributed by atoms with Gasteiger partial charge in [-0.05, 0) is 62.0 Å². The highest BCUT2D eigenvalue weighted by atomic mass is 19.4. The van der Waals surface area contributed by atoms with Gasteiger partial charge >= 0.3 is 6.18 Å². The summed E-state index contributed by atoms with van der Waals surface area (Å²) in [7, 11) is 0. The molecule has 2 aliphatic rings. The van der Waals surface area contributed by atoms with Crippen LogP contribution in [0.4, 0.5) is 13.2 Å². The van der Waals surface area contributed by atoms with E-state index in [0.717, 1.165) is 43.5 Å². The van der Waals surface area contributed by atoms with Gasteiger partial charge in [-0.2, -0.15) is 13.2 Å². The number of hydrogen-bond donors (Lipinski definition) is 1. The molecular weight excluding hydrogens is 451 g/mol. The lowest BCUT2D eigenvalue weighted by Crippen LogP contribution is -2.29. The van der Waals surface area contributed by atoms with E-state index < -0.39 is 23.6 Å². The Morgan fingerprint density at radius 3 is 2.37 bits per heavy atom. The molecule has 4 rings (SSSR count). The molecule has 0 amide bonds. The maximum Gasteiger partial charge on any atom is 0.416 e. The third-order valence-electron chi connectivity index (χ3n) is 6.89. The molecule has 1 N–H and O–H groups in total. The zero-order valence-corrected chi connectivity index (χ0v) is 20.1. The maximum absolute atomic E-state index is 13.9. The number of alkyl halides is 3. The summed E-state index contributed by atoms with van der Waals surface area (Å²) in [5.41, 5.74) is 1.79. The number of aliphatic hydroxyl groups is 1. The molecule has 1 fully saturated rings. The molecule has 1 aromatic heterocycles. The molecule has 0 saturated heterocycles. The molecule has 0 radical (unpaired) electrons. The largest absolute Gasteiger partial charge is 0.416 e. The Kier molecular flexibility index (Phi) is 6.80. The first-order valence-corrected chi connectivity index (χ1v) is 11.9. The Morgan fingerprint density at radius 2 is 1.77 bits per heavy atom. The van der Waals surface area contributed by atoms with Gasteiger partial charge in [0.25, 0.3) is 0 Å². The Labute approximate surface area is 204 Å². The van der Waals surface area contributed by atoms with Gasteiger partial charge in [-0.3, -0.25) is 9.78 Å². The normalized spacial score (nSPS) is 19.2. The fraction of sp³-hybridized carbons (Fsp3) is 0.448. The number of carbonyl (C=O) groups is 1. The number of rotatable bonds is 3. The van der Waals surface area contributed by atoms with Crippen LogP contribution < -0.4 is 0 Å². The SMILES string of the molecule is CC#CC#Cc1c(C(=O)c2ccc(C(F)(F)F)cc2)c(C2CCCC2)nc2c1[C@@H](O)CC(C)(C)C2. The molecule has 6 heteroatoms. The second-order valence-corrected chi connectivity index (χ2v) is 10.2. The van der Waals surface area contributed by atoms with Crippen LogP contribution in [0.3, 0.4) is 0 Å². The number of pyridine rings is 1. The average molecular weight is 480 g/mol. The molecule has 35 heavy (non-hydrogen) atoms. The zero-order chi connectivity index (χ0) is 25.4. The minimum absolute atomic E-state index is 0.0636. The van der Waals surface area contributed by atoms with Gasteiger partial charge in [-0.1, -0.05) is 50.7 Å². The van der Waals surface area contributed by atoms with Gasteiger partial charge in [0.05, 0.1) is 22.9 Å². The van der Waals surface area contributed by atoms with Gasteiger partial charge in [-0.15, -0.1) is 0 Å². The molecule has 182 valence electrons. The lowest BCUT2D eigenvalue weighted by molar-refractivity contribution is -0.137. The van der Waals surface area contributed by atoms with Crippen LogP contribution in [0.25, 0.3) is 0 Å². The van der Waals surface area contributed by atoms with Gasteiger partial charge in [0, 0.05) is 28.3 Å². The summed E-state index contributed by atoms with van der Waals surface area (Å²) in [4.78, 5) is 18.8. The first-order valence-electron chi connectivity index (χ1n) is 11.9. The molecule has 1 aromatic carbocycles. The fourth-order valence-corrected chi connectivity index (χ4v) is 5.28. The lowest BCUT2D eigenvalue weighted by Gasteiger charge is -2.36. The molecule has 0 bridgehead atoms. The van der Waals surface area contributed by atoms with Gasteiger partial charge in [0.2, 0.25) is 0 Å². The Bertz CT molecular complexity index is 1260. The fourth-order valence-electron chi connectivity index (χ4n) is 5.28. The Morgan fingerprint density at radius 1 is 1.11 bits per heavy atom. The maximum atomic E-state index is 13.9. The van der Waals surface area contributed by atoms with E-state index in [9.17, 15) is 23.1 Å². The van der Waals surface area contributed by atoms with Crippen LogP contribution in [0.15, 0.2) is 24.3 Å². The van der Waals surface area contributed by atoms with E-state index in [-0.39, 0.29) is 16.9 Å². The van der Waals surface area contributed by atoms with Gasteiger partial charge in [0.1, 0.15) is 0 Å². The number of carbonyl (C=O) groups excluding carboxylic acids is 1. The third-order valence-corrected chi connectivity index (χ3v) is 6.89. The van der Waals surface area contributed by atoms with Crippen molar-refractivity contribution in [2.24, 2.45) is 5.41 Å². The minimum atomic E-state index is -4.49. The van der Waals surface area contributed by atoms with Crippen molar-refractivity contribution in [3.8, 4) is 23.7 Å². The van der Waals surface area contributed by atoms with Crippen LogP contribution in [0, 0.1) is 29.1 Å². The second kappa shape index (κ2) is 9.51. The molecule has 1 heterocycles. The summed E-state index contributed by atoms with van der Waals surface area (Å²) in [6.07, 6.45) is -0.400. The molecule has 1 saturated carbocycles. The number of halogens is 3. The number of nitrogens with zero attached hydrogens (tertiary/aromatic N) is 1. The van der Waals surface area contributed by atoms with Crippen molar-refractivity contribution in [1.29, 1.82) is 0 Å². The van der Waals surface area contributed by atoms with E-state index in [1.54, 1.807) is 6.92 Å². The first kappa shape index (κ1) is 25.0. The smallest absolute Gasteiger partial charge is 0.388 e. The average Bonchev–Trinajstić information content (AvgIpc) is 3.31. The molecular formula is C29H28F3NO2. The molecule has 2 aliphatic carbocycles. The molecule has 0 aliphatic heterocycles. The second-order valence-electron chi connectivity index (χ2n) is 10.2. The summed E-state index contributed by atoms with van der Waals surface area (Å²) in [6, 6.07) is 4.23. The number of fused-ring (bicyclic) bond motifs is 1. The number of aromatic nitrogens is 1. The summed E-state index contributed by atoms with van der Waals surface area (Å²) < 4.78 is 39.3. The third kappa shape index (κ3) is 5.14. The molecule has 3 nitrogen and oxygen atoms in total. The molecule has 1 atom stereocenters. The monoisotopic (exact) mass is 479 g/mol.